The number of carbonyl (C=O) groups is 1. The van der Waals surface area contributed by atoms with Crippen LogP contribution >= 0.6 is 0 Å². The van der Waals surface area contributed by atoms with E-state index >= 15 is 0 Å². The fourth-order valence-corrected chi connectivity index (χ4v) is 0.418. The number of hydrogen-bond donors (Lipinski definition) is 0. The van der Waals surface area contributed by atoms with Gasteiger partial charge in [-0.05, 0) is 9.05 Å². The minimum atomic E-state index is -5.13. The standard InChI is InChI=1S/C3H2F6O.C3H2F4O.CH3FO/c4-2(5,6)1-3(7,8)10-9;4-2(8)1-3(5,6)7;1-3-2/h1H2;1H2;1H3. The quantitative estimate of drug-likeness (QED) is 0.561. The van der Waals surface area contributed by atoms with Crippen molar-refractivity contribution in [3.63, 3.8) is 0 Å². The van der Waals surface area contributed by atoms with Crippen molar-refractivity contribution < 1.29 is 63.2 Å². The molecule has 0 aliphatic heterocycles. The van der Waals surface area contributed by atoms with E-state index in [0.29, 0.717) is 0 Å². The van der Waals surface area contributed by atoms with Gasteiger partial charge in [0, 0.05) is 0 Å². The highest BCUT2D eigenvalue weighted by Crippen LogP contribution is 2.32. The maximum Gasteiger partial charge on any atom is 0.398 e. The lowest BCUT2D eigenvalue weighted by Gasteiger charge is -2.11. The largest absolute Gasteiger partial charge is 0.398 e. The van der Waals surface area contributed by atoms with Gasteiger partial charge in [-0.3, -0.25) is 4.79 Å². The molecule has 0 heterocycles. The summed E-state index contributed by atoms with van der Waals surface area (Å²) in [4.78, 5) is 13.6. The Morgan fingerprint density at radius 3 is 1.29 bits per heavy atom. The molecule has 21 heavy (non-hydrogen) atoms. The van der Waals surface area contributed by atoms with Gasteiger partial charge in [0.15, 0.2) is 0 Å². The molecule has 0 bridgehead atoms. The van der Waals surface area contributed by atoms with Crippen LogP contribution in [-0.4, -0.2) is 31.6 Å². The summed E-state index contributed by atoms with van der Waals surface area (Å²) >= 11 is 0. The van der Waals surface area contributed by atoms with Gasteiger partial charge in [-0.25, -0.2) is 0 Å². The number of halogens is 11. The van der Waals surface area contributed by atoms with Crippen molar-refractivity contribution in [3.8, 4) is 0 Å². The van der Waals surface area contributed by atoms with Gasteiger partial charge < -0.3 is 0 Å². The van der Waals surface area contributed by atoms with E-state index in [2.05, 4.69) is 4.94 Å². The lowest BCUT2D eigenvalue weighted by Crippen LogP contribution is -2.26. The van der Waals surface area contributed by atoms with Gasteiger partial charge in [0.2, 0.25) is 0 Å². The molecule has 0 saturated carbocycles. The molecule has 0 aromatic heterocycles. The first-order chi connectivity index (χ1) is 9.10. The summed E-state index contributed by atoms with van der Waals surface area (Å²) < 4.78 is 119. The molecule has 0 saturated heterocycles. The molecule has 0 atom stereocenters. The van der Waals surface area contributed by atoms with Crippen LogP contribution in [0.15, 0.2) is 0 Å². The second kappa shape index (κ2) is 10.5. The fraction of sp³-hybridized carbons (Fsp3) is 0.857. The predicted octanol–water partition coefficient (Wildman–Crippen LogP) is 4.38. The van der Waals surface area contributed by atoms with Crippen LogP contribution < -0.4 is 0 Å². The van der Waals surface area contributed by atoms with Crippen molar-refractivity contribution in [1.29, 1.82) is 0 Å². The third-order valence-electron chi connectivity index (χ3n) is 0.859. The van der Waals surface area contributed by atoms with E-state index < -0.39 is 37.3 Å². The average Bonchev–Trinajstić information content (AvgIpc) is 2.11. The number of rotatable bonds is 3. The van der Waals surface area contributed by atoms with Gasteiger partial charge in [0.1, 0.15) is 12.8 Å². The molecule has 130 valence electrons. The molecule has 0 spiro atoms. The normalized spacial score (nSPS) is 11.8. The van der Waals surface area contributed by atoms with Gasteiger partial charge in [-0.1, -0.05) is 0 Å². The lowest BCUT2D eigenvalue weighted by molar-refractivity contribution is -0.379. The van der Waals surface area contributed by atoms with E-state index in [-0.39, 0.29) is 0 Å². The molecule has 0 fully saturated rings. The molecule has 0 amide bonds. The van der Waals surface area contributed by atoms with Gasteiger partial charge >= 0.3 is 24.5 Å². The van der Waals surface area contributed by atoms with Crippen LogP contribution in [0, 0.1) is 0 Å². The van der Waals surface area contributed by atoms with E-state index in [0.717, 1.165) is 7.11 Å². The Balaban J connectivity index is -0.000000264. The highest BCUT2D eigenvalue weighted by atomic mass is 19.4. The van der Waals surface area contributed by atoms with Crippen molar-refractivity contribution in [2.24, 2.45) is 0 Å². The number of carbonyl (C=O) groups excluding carboxylic acids is 1. The minimum absolute atomic E-state index is 0.958. The Kier molecular flexibility index (Phi) is 12.4. The topological polar surface area (TPSA) is 35.5 Å². The zero-order valence-corrected chi connectivity index (χ0v) is 9.80. The molecule has 0 N–H and O–H groups in total. The lowest BCUT2D eigenvalue weighted by atomic mass is 10.4. The molecule has 14 heteroatoms. The Morgan fingerprint density at radius 2 is 1.24 bits per heavy atom. The van der Waals surface area contributed by atoms with Crippen LogP contribution in [-0.2, 0) is 14.7 Å². The first kappa shape index (κ1) is 24.8. The van der Waals surface area contributed by atoms with Gasteiger partial charge in [0.25, 0.3) is 0 Å². The summed E-state index contributed by atoms with van der Waals surface area (Å²) in [5.41, 5.74) is 0. The molecule has 3 nitrogen and oxygen atoms in total. The Labute approximate surface area is 109 Å². The summed E-state index contributed by atoms with van der Waals surface area (Å²) in [5, 5.41) is 0. The summed E-state index contributed by atoms with van der Waals surface area (Å²) in [6.07, 6.45) is -19.2. The summed E-state index contributed by atoms with van der Waals surface area (Å²) in [7, 11) is 0.958. The molecular formula is C7H7F11O3. The smallest absolute Gasteiger partial charge is 0.261 e. The minimum Gasteiger partial charge on any atom is -0.261 e. The first-order valence-electron chi connectivity index (χ1n) is 4.24. The maximum atomic E-state index is 11.3. The summed E-state index contributed by atoms with van der Waals surface area (Å²) in [6.45, 7) is 0. The molecule has 0 unspecified atom stereocenters. The Bertz CT molecular complexity index is 272. The monoisotopic (exact) mass is 348 g/mol. The van der Waals surface area contributed by atoms with Crippen molar-refractivity contribution in [1.82, 2.24) is 0 Å². The summed E-state index contributed by atoms with van der Waals surface area (Å²) in [6, 6.07) is -2.35. The van der Waals surface area contributed by atoms with E-state index in [1.165, 1.54) is 0 Å². The van der Waals surface area contributed by atoms with Crippen LogP contribution in [0.2, 0.25) is 0 Å². The van der Waals surface area contributed by atoms with Gasteiger partial charge in [0.05, 0.1) is 7.11 Å². The molecule has 0 aliphatic carbocycles. The highest BCUT2D eigenvalue weighted by molar-refractivity contribution is 5.68. The molecule has 0 radical (unpaired) electrons. The van der Waals surface area contributed by atoms with Crippen LogP contribution in [0.4, 0.5) is 48.6 Å². The molecular weight excluding hydrogens is 341 g/mol. The van der Waals surface area contributed by atoms with E-state index in [1.807, 2.05) is 0 Å². The Hall–Kier alpha value is -1.18. The summed E-state index contributed by atoms with van der Waals surface area (Å²) in [5.74, 6) is 0. The highest BCUT2D eigenvalue weighted by Gasteiger charge is 2.45. The Morgan fingerprint density at radius 1 is 0.905 bits per heavy atom. The average molecular weight is 348 g/mol. The third-order valence-corrected chi connectivity index (χ3v) is 0.859. The van der Waals surface area contributed by atoms with Crippen molar-refractivity contribution in [2.45, 2.75) is 31.3 Å². The zero-order valence-electron chi connectivity index (χ0n) is 9.80. The van der Waals surface area contributed by atoms with Crippen molar-refractivity contribution in [2.75, 3.05) is 7.11 Å². The van der Waals surface area contributed by atoms with Crippen LogP contribution in [0.3, 0.4) is 0 Å². The van der Waals surface area contributed by atoms with E-state index in [9.17, 15) is 48.6 Å². The van der Waals surface area contributed by atoms with Crippen LogP contribution in [0.25, 0.3) is 0 Å². The zero-order chi connectivity index (χ0) is 17.9. The SMILES string of the molecule is COF.FOC(F)(F)CC(F)(F)F.O=C(F)CC(F)(F)F. The second-order valence-electron chi connectivity index (χ2n) is 2.81. The molecule has 0 aromatic rings. The maximum absolute atomic E-state index is 11.3. The van der Waals surface area contributed by atoms with Crippen molar-refractivity contribution >= 4 is 6.04 Å². The third kappa shape index (κ3) is 32.4. The predicted molar refractivity (Wildman–Crippen MR) is 42.7 cm³/mol. The molecule has 0 aliphatic rings. The number of alkyl halides is 8. The van der Waals surface area contributed by atoms with Gasteiger partial charge in [-0.2, -0.15) is 44.5 Å². The first-order valence-corrected chi connectivity index (χ1v) is 4.24. The second-order valence-corrected chi connectivity index (χ2v) is 2.81. The van der Waals surface area contributed by atoms with E-state index in [4.69, 9.17) is 4.79 Å². The van der Waals surface area contributed by atoms with Crippen LogP contribution in [0.5, 0.6) is 0 Å². The van der Waals surface area contributed by atoms with Gasteiger partial charge in [-0.15, -0.1) is 4.94 Å². The van der Waals surface area contributed by atoms with E-state index in [1.54, 1.807) is 4.94 Å². The fourth-order valence-electron chi connectivity index (χ4n) is 0.418. The molecule has 0 aromatic carbocycles. The van der Waals surface area contributed by atoms with Crippen LogP contribution in [0.1, 0.15) is 12.8 Å². The van der Waals surface area contributed by atoms with Crippen molar-refractivity contribution in [3.05, 3.63) is 0 Å². The number of hydrogen-bond acceptors (Lipinski definition) is 3. The molecule has 0 rings (SSSR count).